The molecule has 0 fully saturated rings. The van der Waals surface area contributed by atoms with Crippen molar-refractivity contribution in [3.63, 3.8) is 0 Å². The fraction of sp³-hybridized carbons (Fsp3) is 0.462. The maximum atomic E-state index is 12.4. The molecule has 0 aromatic heterocycles. The molecule has 2 N–H and O–H groups in total. The second kappa shape index (κ2) is 7.49. The average Bonchev–Trinajstić information content (AvgIpc) is 2.53. The van der Waals surface area contributed by atoms with Crippen LogP contribution < -0.4 is 5.73 Å². The Hall–Kier alpha value is -2.04. The number of carbonyl (C=O) groups excluding carboxylic acids is 1. The smallest absolute Gasteiger partial charge is 0.270 e. The van der Waals surface area contributed by atoms with E-state index in [1.807, 2.05) is 0 Å². The molecule has 128 valence electrons. The third kappa shape index (κ3) is 4.47. The van der Waals surface area contributed by atoms with E-state index in [1.54, 1.807) is 6.92 Å². The fourth-order valence-corrected chi connectivity index (χ4v) is 2.89. The Balaban J connectivity index is 2.98. The lowest BCUT2D eigenvalue weighted by Gasteiger charge is -2.26. The Kier molecular flexibility index (Phi) is 6.19. The van der Waals surface area contributed by atoms with Gasteiger partial charge in [-0.2, -0.15) is 4.31 Å². The number of nitrogens with zero attached hydrogens (tertiary/aromatic N) is 3. The second-order valence-electron chi connectivity index (χ2n) is 5.10. The minimum absolute atomic E-state index is 0.226. The normalized spacial score (nSPS) is 12.9. The van der Waals surface area contributed by atoms with Gasteiger partial charge >= 0.3 is 0 Å². The zero-order valence-electron chi connectivity index (χ0n) is 13.2. The summed E-state index contributed by atoms with van der Waals surface area (Å²) in [6.07, 6.45) is 0. The van der Waals surface area contributed by atoms with E-state index in [2.05, 4.69) is 0 Å². The van der Waals surface area contributed by atoms with Crippen molar-refractivity contribution >= 4 is 21.6 Å². The predicted molar refractivity (Wildman–Crippen MR) is 84.2 cm³/mol. The Morgan fingerprint density at radius 3 is 2.52 bits per heavy atom. The molecule has 0 saturated carbocycles. The second-order valence-corrected chi connectivity index (χ2v) is 7.15. The molecule has 0 saturated heterocycles. The topological polar surface area (TPSA) is 127 Å². The van der Waals surface area contributed by atoms with Crippen molar-refractivity contribution in [3.05, 3.63) is 34.4 Å². The molecule has 0 radical (unpaired) electrons. The first-order valence-corrected chi connectivity index (χ1v) is 8.21. The SMILES string of the molecule is CC(CN)N(C)C(=O)CN(C)S(=O)(=O)c1cccc([N+](=O)[O-])c1. The lowest BCUT2D eigenvalue weighted by Crippen LogP contribution is -2.45. The lowest BCUT2D eigenvalue weighted by molar-refractivity contribution is -0.385. The van der Waals surface area contributed by atoms with E-state index < -0.39 is 20.9 Å². The number of hydrogen-bond acceptors (Lipinski definition) is 6. The summed E-state index contributed by atoms with van der Waals surface area (Å²) >= 11 is 0. The third-order valence-corrected chi connectivity index (χ3v) is 5.29. The summed E-state index contributed by atoms with van der Waals surface area (Å²) in [7, 11) is -1.23. The molecule has 0 aliphatic heterocycles. The molecule has 0 aliphatic carbocycles. The fourth-order valence-electron chi connectivity index (χ4n) is 1.73. The summed E-state index contributed by atoms with van der Waals surface area (Å²) in [5, 5.41) is 10.7. The molecular formula is C13H20N4O5S. The van der Waals surface area contributed by atoms with Crippen molar-refractivity contribution in [1.29, 1.82) is 0 Å². The number of nitrogens with two attached hydrogens (primary N) is 1. The summed E-state index contributed by atoms with van der Waals surface area (Å²) in [6, 6.07) is 4.46. The third-order valence-electron chi connectivity index (χ3n) is 3.49. The van der Waals surface area contributed by atoms with Gasteiger partial charge in [0.2, 0.25) is 15.9 Å². The predicted octanol–water partition coefficient (Wildman–Crippen LogP) is 0.0209. The number of carbonyl (C=O) groups is 1. The van der Waals surface area contributed by atoms with Gasteiger partial charge in [-0.3, -0.25) is 14.9 Å². The van der Waals surface area contributed by atoms with Crippen molar-refractivity contribution < 1.29 is 18.1 Å². The molecule has 1 aromatic rings. The van der Waals surface area contributed by atoms with Crippen LogP contribution in [0.15, 0.2) is 29.2 Å². The van der Waals surface area contributed by atoms with Crippen LogP contribution in [0.5, 0.6) is 0 Å². The Morgan fingerprint density at radius 1 is 1.39 bits per heavy atom. The molecule has 0 spiro atoms. The minimum Gasteiger partial charge on any atom is -0.341 e. The first-order chi connectivity index (χ1) is 10.6. The van der Waals surface area contributed by atoms with Gasteiger partial charge in [0.25, 0.3) is 5.69 Å². The van der Waals surface area contributed by atoms with Gasteiger partial charge in [-0.25, -0.2) is 8.42 Å². The molecule has 1 unspecified atom stereocenters. The number of amides is 1. The lowest BCUT2D eigenvalue weighted by atomic mass is 10.3. The zero-order valence-corrected chi connectivity index (χ0v) is 14.0. The van der Waals surface area contributed by atoms with Gasteiger partial charge in [0.1, 0.15) is 0 Å². The minimum atomic E-state index is -4.01. The van der Waals surface area contributed by atoms with Crippen LogP contribution in [0.1, 0.15) is 6.92 Å². The van der Waals surface area contributed by atoms with Crippen LogP contribution in [0.3, 0.4) is 0 Å². The molecule has 1 aromatic carbocycles. The van der Waals surface area contributed by atoms with E-state index >= 15 is 0 Å². The summed E-state index contributed by atoms with van der Waals surface area (Å²) < 4.78 is 25.7. The highest BCUT2D eigenvalue weighted by molar-refractivity contribution is 7.89. The van der Waals surface area contributed by atoms with Gasteiger partial charge in [-0.15, -0.1) is 0 Å². The number of non-ortho nitro benzene ring substituents is 1. The Bertz CT molecular complexity index is 691. The van der Waals surface area contributed by atoms with Crippen LogP contribution in [0, 0.1) is 10.1 Å². The van der Waals surface area contributed by atoms with Crippen molar-refractivity contribution in [2.75, 3.05) is 27.2 Å². The van der Waals surface area contributed by atoms with E-state index in [-0.39, 0.29) is 29.7 Å². The maximum Gasteiger partial charge on any atom is 0.270 e. The zero-order chi connectivity index (χ0) is 17.8. The first-order valence-electron chi connectivity index (χ1n) is 6.77. The van der Waals surface area contributed by atoms with Crippen molar-refractivity contribution in [1.82, 2.24) is 9.21 Å². The van der Waals surface area contributed by atoms with Crippen LogP contribution in [0.2, 0.25) is 0 Å². The van der Waals surface area contributed by atoms with E-state index in [4.69, 9.17) is 5.73 Å². The quantitative estimate of drug-likeness (QED) is 0.549. The molecule has 9 nitrogen and oxygen atoms in total. The van der Waals surface area contributed by atoms with Crippen molar-refractivity contribution in [2.45, 2.75) is 17.9 Å². The highest BCUT2D eigenvalue weighted by Gasteiger charge is 2.26. The van der Waals surface area contributed by atoms with Crippen molar-refractivity contribution in [2.24, 2.45) is 5.73 Å². The van der Waals surface area contributed by atoms with E-state index in [9.17, 15) is 23.3 Å². The Morgan fingerprint density at radius 2 is 2.00 bits per heavy atom. The highest BCUT2D eigenvalue weighted by Crippen LogP contribution is 2.20. The summed E-state index contributed by atoms with van der Waals surface area (Å²) in [5.74, 6) is -0.417. The molecule has 23 heavy (non-hydrogen) atoms. The number of nitro groups is 1. The number of benzene rings is 1. The van der Waals surface area contributed by atoms with Gasteiger partial charge in [-0.1, -0.05) is 6.07 Å². The monoisotopic (exact) mass is 344 g/mol. The van der Waals surface area contributed by atoms with Crippen LogP contribution in [0.25, 0.3) is 0 Å². The van der Waals surface area contributed by atoms with Crippen LogP contribution in [-0.4, -0.2) is 61.7 Å². The van der Waals surface area contributed by atoms with Crippen LogP contribution >= 0.6 is 0 Å². The van der Waals surface area contributed by atoms with Gasteiger partial charge in [-0.05, 0) is 13.0 Å². The number of likely N-dealkylation sites (N-methyl/N-ethyl adjacent to an activating group) is 2. The molecule has 0 aliphatic rings. The Labute approximate surface area is 134 Å². The van der Waals surface area contributed by atoms with E-state index in [0.29, 0.717) is 0 Å². The van der Waals surface area contributed by atoms with Gasteiger partial charge < -0.3 is 10.6 Å². The maximum absolute atomic E-state index is 12.4. The molecular weight excluding hydrogens is 324 g/mol. The standard InChI is InChI=1S/C13H20N4O5S/c1-10(8-14)16(3)13(18)9-15(2)23(21,22)12-6-4-5-11(7-12)17(19)20/h4-7,10H,8-9,14H2,1-3H3. The number of hydrogen-bond donors (Lipinski definition) is 1. The molecule has 0 bridgehead atoms. The molecule has 10 heteroatoms. The number of rotatable bonds is 7. The van der Waals surface area contributed by atoms with E-state index in [0.717, 1.165) is 10.4 Å². The molecule has 1 amide bonds. The van der Waals surface area contributed by atoms with Crippen LogP contribution in [-0.2, 0) is 14.8 Å². The average molecular weight is 344 g/mol. The van der Waals surface area contributed by atoms with Crippen molar-refractivity contribution in [3.8, 4) is 0 Å². The molecule has 0 heterocycles. The summed E-state index contributed by atoms with van der Waals surface area (Å²) in [5.41, 5.74) is 5.14. The van der Waals surface area contributed by atoms with Gasteiger partial charge in [0.05, 0.1) is 16.4 Å². The first kappa shape index (κ1) is 19.0. The highest BCUT2D eigenvalue weighted by atomic mass is 32.2. The van der Waals surface area contributed by atoms with E-state index in [1.165, 1.54) is 37.2 Å². The molecule has 1 rings (SSSR count). The molecule has 1 atom stereocenters. The summed E-state index contributed by atoms with van der Waals surface area (Å²) in [4.78, 5) is 23.3. The van der Waals surface area contributed by atoms with Gasteiger partial charge in [0.15, 0.2) is 0 Å². The summed E-state index contributed by atoms with van der Waals surface area (Å²) in [6.45, 7) is 1.61. The van der Waals surface area contributed by atoms with Gasteiger partial charge in [0, 0.05) is 38.8 Å². The largest absolute Gasteiger partial charge is 0.341 e. The number of sulfonamides is 1. The van der Waals surface area contributed by atoms with Crippen LogP contribution in [0.4, 0.5) is 5.69 Å². The number of nitro benzene ring substituents is 1.